The van der Waals surface area contributed by atoms with Crippen LogP contribution >= 0.6 is 0 Å². The Morgan fingerprint density at radius 3 is 2.34 bits per heavy atom. The third-order valence-electron chi connectivity index (χ3n) is 7.63. The maximum Gasteiger partial charge on any atom is 0.417 e. The highest BCUT2D eigenvalue weighted by Gasteiger charge is 2.36. The highest BCUT2D eigenvalue weighted by atomic mass is 19.4. The summed E-state index contributed by atoms with van der Waals surface area (Å²) in [4.78, 5) is 44.0. The lowest BCUT2D eigenvalue weighted by Gasteiger charge is -2.37. The predicted molar refractivity (Wildman–Crippen MR) is 158 cm³/mol. The number of halogens is 4. The lowest BCUT2D eigenvalue weighted by Crippen LogP contribution is -2.48. The van der Waals surface area contributed by atoms with E-state index in [0.29, 0.717) is 75.7 Å². The number of rotatable bonds is 8. The van der Waals surface area contributed by atoms with Crippen LogP contribution in [0.15, 0.2) is 41.6 Å². The number of likely N-dealkylation sites (N-methyl/N-ethyl adjacent to an activating group) is 1. The van der Waals surface area contributed by atoms with Crippen LogP contribution in [0.5, 0.6) is 0 Å². The first kappa shape index (κ1) is 31.3. The first-order valence-corrected chi connectivity index (χ1v) is 14.2. The fraction of sp³-hybridized carbons (Fsp3) is 0.448. The van der Waals surface area contributed by atoms with Crippen molar-refractivity contribution in [1.82, 2.24) is 24.8 Å². The molecule has 3 aromatic rings. The molecule has 11 nitrogen and oxygen atoms in total. The zero-order valence-corrected chi connectivity index (χ0v) is 24.5. The van der Waals surface area contributed by atoms with E-state index in [4.69, 9.17) is 4.74 Å². The van der Waals surface area contributed by atoms with Crippen LogP contribution in [0, 0.1) is 5.82 Å². The van der Waals surface area contributed by atoms with E-state index in [1.807, 2.05) is 23.9 Å². The van der Waals surface area contributed by atoms with Crippen molar-refractivity contribution in [2.75, 3.05) is 94.8 Å². The number of anilines is 3. The molecule has 2 fully saturated rings. The fourth-order valence-corrected chi connectivity index (χ4v) is 5.17. The van der Waals surface area contributed by atoms with Crippen molar-refractivity contribution in [2.24, 2.45) is 0 Å². The third kappa shape index (κ3) is 7.34. The Morgan fingerprint density at radius 1 is 1.02 bits per heavy atom. The molecular formula is C29H34F4N8O3. The van der Waals surface area contributed by atoms with E-state index in [1.165, 1.54) is 24.5 Å². The topological polar surface area (TPSA) is 110 Å². The van der Waals surface area contributed by atoms with Gasteiger partial charge in [0.2, 0.25) is 11.5 Å². The average molecular weight is 619 g/mol. The highest BCUT2D eigenvalue weighted by molar-refractivity contribution is 6.07. The van der Waals surface area contributed by atoms with Crippen molar-refractivity contribution in [2.45, 2.75) is 6.18 Å². The number of aromatic amines is 1. The molecule has 2 saturated heterocycles. The van der Waals surface area contributed by atoms with Crippen LogP contribution in [0.2, 0.25) is 0 Å². The zero-order valence-electron chi connectivity index (χ0n) is 24.5. The van der Waals surface area contributed by atoms with Gasteiger partial charge in [-0.15, -0.1) is 0 Å². The van der Waals surface area contributed by atoms with E-state index in [2.05, 4.69) is 30.1 Å². The average Bonchev–Trinajstić information content (AvgIpc) is 3.01. The lowest BCUT2D eigenvalue weighted by molar-refractivity contribution is -0.138. The summed E-state index contributed by atoms with van der Waals surface area (Å²) in [6.45, 7) is 6.43. The summed E-state index contributed by atoms with van der Waals surface area (Å²) in [5, 5.41) is 2.56. The predicted octanol–water partition coefficient (Wildman–Crippen LogP) is 2.76. The maximum absolute atomic E-state index is 15.7. The van der Waals surface area contributed by atoms with Gasteiger partial charge in [0.25, 0.3) is 5.91 Å². The number of ether oxygens (including phenoxy) is 1. The van der Waals surface area contributed by atoms with Crippen molar-refractivity contribution in [3.05, 3.63) is 64.1 Å². The number of H-pyrrole nitrogens is 1. The molecule has 236 valence electrons. The normalized spacial score (nSPS) is 16.4. The number of benzene rings is 1. The van der Waals surface area contributed by atoms with E-state index in [1.54, 1.807) is 0 Å². The quantitative estimate of drug-likeness (QED) is 0.369. The first-order chi connectivity index (χ1) is 21.0. The summed E-state index contributed by atoms with van der Waals surface area (Å²) in [6.07, 6.45) is -1.28. The number of hydrogen-bond acceptors (Lipinski definition) is 9. The number of carbonyl (C=O) groups is 1. The van der Waals surface area contributed by atoms with Crippen LogP contribution in [0.4, 0.5) is 34.9 Å². The second-order valence-corrected chi connectivity index (χ2v) is 10.9. The molecule has 4 heterocycles. The van der Waals surface area contributed by atoms with E-state index in [9.17, 15) is 22.8 Å². The number of amides is 1. The minimum atomic E-state index is -4.94. The van der Waals surface area contributed by atoms with Crippen molar-refractivity contribution < 1.29 is 27.1 Å². The number of nitrogens with zero attached hydrogens (tertiary/aromatic N) is 6. The largest absolute Gasteiger partial charge is 0.417 e. The van der Waals surface area contributed by atoms with Crippen LogP contribution in [0.3, 0.4) is 0 Å². The standard InChI is InChI=1S/C29H34F4N8O3/c1-38(2)3-4-39-5-7-40(8-6-39)25-15-23(30)20(19-16-35-28(36-17-19)41-9-11-44-12-10-41)13-24(25)37-27(43)21-18-34-26(42)14-22(21)29(31,32)33/h13-18H,3-12H2,1-2H3,(H,34,42)(H,37,43). The number of carbonyl (C=O) groups excluding carboxylic acids is 1. The number of aromatic nitrogens is 3. The molecule has 0 atom stereocenters. The molecule has 1 amide bonds. The molecule has 0 aliphatic carbocycles. The van der Waals surface area contributed by atoms with Crippen molar-refractivity contribution in [1.29, 1.82) is 0 Å². The first-order valence-electron chi connectivity index (χ1n) is 14.2. The van der Waals surface area contributed by atoms with Gasteiger partial charge in [0.15, 0.2) is 0 Å². The molecule has 2 aliphatic rings. The van der Waals surface area contributed by atoms with Crippen LogP contribution in [0.1, 0.15) is 15.9 Å². The van der Waals surface area contributed by atoms with Crippen LogP contribution in [-0.2, 0) is 10.9 Å². The number of morpholine rings is 1. The second-order valence-electron chi connectivity index (χ2n) is 10.9. The van der Waals surface area contributed by atoms with Crippen molar-refractivity contribution in [3.63, 3.8) is 0 Å². The zero-order chi connectivity index (χ0) is 31.4. The van der Waals surface area contributed by atoms with Gasteiger partial charge in [0.1, 0.15) is 5.82 Å². The van der Waals surface area contributed by atoms with Gasteiger partial charge < -0.3 is 29.7 Å². The summed E-state index contributed by atoms with van der Waals surface area (Å²) in [6, 6.07) is 2.99. The molecular weight excluding hydrogens is 584 g/mol. The van der Waals surface area contributed by atoms with Gasteiger partial charge in [-0.1, -0.05) is 0 Å². The van der Waals surface area contributed by atoms with E-state index in [0.717, 1.165) is 19.3 Å². The summed E-state index contributed by atoms with van der Waals surface area (Å²) in [5.74, 6) is -1.24. The minimum absolute atomic E-state index is 0.0692. The Hall–Kier alpha value is -4.08. The molecule has 0 saturated carbocycles. The highest BCUT2D eigenvalue weighted by Crippen LogP contribution is 2.36. The molecule has 15 heteroatoms. The molecule has 0 spiro atoms. The SMILES string of the molecule is CN(C)CCN1CCN(c2cc(F)c(-c3cnc(N4CCOCC4)nc3)cc2NC(=O)c2c[nH]c(=O)cc2C(F)(F)F)CC1. The molecule has 5 rings (SSSR count). The van der Waals surface area contributed by atoms with Crippen LogP contribution in [0.25, 0.3) is 11.1 Å². The molecule has 0 unspecified atom stereocenters. The molecule has 2 aromatic heterocycles. The van der Waals surface area contributed by atoms with E-state index in [-0.39, 0.29) is 11.3 Å². The number of alkyl halides is 3. The monoisotopic (exact) mass is 618 g/mol. The summed E-state index contributed by atoms with van der Waals surface area (Å²) in [7, 11) is 3.98. The number of piperazine rings is 1. The third-order valence-corrected chi connectivity index (χ3v) is 7.63. The Balaban J connectivity index is 1.47. The Morgan fingerprint density at radius 2 is 1.70 bits per heavy atom. The van der Waals surface area contributed by atoms with Crippen molar-refractivity contribution in [3.8, 4) is 11.1 Å². The van der Waals surface area contributed by atoms with Gasteiger partial charge >= 0.3 is 6.18 Å². The molecule has 2 N–H and O–H groups in total. The molecule has 0 bridgehead atoms. The molecule has 0 radical (unpaired) electrons. The Kier molecular flexibility index (Phi) is 9.46. The van der Waals surface area contributed by atoms with Crippen molar-refractivity contribution >= 4 is 23.2 Å². The minimum Gasteiger partial charge on any atom is -0.378 e. The second kappa shape index (κ2) is 13.3. The van der Waals surface area contributed by atoms with Gasteiger partial charge in [-0.3, -0.25) is 14.5 Å². The van der Waals surface area contributed by atoms with Crippen LogP contribution < -0.4 is 20.7 Å². The van der Waals surface area contributed by atoms with Gasteiger partial charge in [0.05, 0.1) is 35.7 Å². The maximum atomic E-state index is 15.7. The van der Waals surface area contributed by atoms with Gasteiger partial charge in [-0.25, -0.2) is 14.4 Å². The van der Waals surface area contributed by atoms with E-state index >= 15 is 4.39 Å². The molecule has 44 heavy (non-hydrogen) atoms. The number of hydrogen-bond donors (Lipinski definition) is 2. The van der Waals surface area contributed by atoms with Crippen LogP contribution in [-0.4, -0.2) is 110 Å². The van der Waals surface area contributed by atoms with E-state index < -0.39 is 34.6 Å². The fourth-order valence-electron chi connectivity index (χ4n) is 5.17. The molecule has 2 aliphatic heterocycles. The number of nitrogens with one attached hydrogen (secondary N) is 2. The summed E-state index contributed by atoms with van der Waals surface area (Å²) >= 11 is 0. The smallest absolute Gasteiger partial charge is 0.378 e. The van der Waals surface area contributed by atoms with Gasteiger partial charge in [-0.05, 0) is 26.2 Å². The Bertz CT molecular complexity index is 1520. The van der Waals surface area contributed by atoms with Gasteiger partial charge in [-0.2, -0.15) is 13.2 Å². The van der Waals surface area contributed by atoms with Gasteiger partial charge in [0, 0.05) is 88.1 Å². The summed E-state index contributed by atoms with van der Waals surface area (Å²) < 4.78 is 62.3. The Labute approximate surface area is 251 Å². The number of pyridine rings is 1. The summed E-state index contributed by atoms with van der Waals surface area (Å²) in [5.41, 5.74) is -2.29. The lowest BCUT2D eigenvalue weighted by atomic mass is 10.0. The molecule has 1 aromatic carbocycles.